The molecule has 0 unspecified atom stereocenters. The molecular formula is C27H27NO5. The molecule has 0 aliphatic heterocycles. The van der Waals surface area contributed by atoms with E-state index in [0.717, 1.165) is 25.7 Å². The third-order valence-electron chi connectivity index (χ3n) is 4.89. The zero-order valence-corrected chi connectivity index (χ0v) is 18.6. The second-order valence-electron chi connectivity index (χ2n) is 7.52. The van der Waals surface area contributed by atoms with Crippen LogP contribution in [0.25, 0.3) is 0 Å². The van der Waals surface area contributed by atoms with Crippen LogP contribution in [0.1, 0.15) is 63.7 Å². The highest BCUT2D eigenvalue weighted by atomic mass is 16.5. The number of hydrogen-bond donors (Lipinski definition) is 1. The third-order valence-corrected chi connectivity index (χ3v) is 4.89. The fraction of sp³-hybridized carbons (Fsp3) is 0.222. The van der Waals surface area contributed by atoms with Crippen LogP contribution >= 0.6 is 0 Å². The van der Waals surface area contributed by atoms with Crippen molar-refractivity contribution in [2.24, 2.45) is 0 Å². The Balaban J connectivity index is 1.82. The van der Waals surface area contributed by atoms with Gasteiger partial charge in [-0.3, -0.25) is 4.79 Å². The lowest BCUT2D eigenvalue weighted by Gasteiger charge is -2.11. The van der Waals surface area contributed by atoms with Crippen LogP contribution in [0, 0.1) is 0 Å². The number of hydrogen-bond acceptors (Lipinski definition) is 5. The Morgan fingerprint density at radius 2 is 1.15 bits per heavy atom. The van der Waals surface area contributed by atoms with Gasteiger partial charge in [-0.2, -0.15) is 0 Å². The molecule has 0 saturated carbocycles. The molecule has 0 aliphatic carbocycles. The lowest BCUT2D eigenvalue weighted by Crippen LogP contribution is -2.25. The maximum Gasteiger partial charge on any atom is 0.343 e. The summed E-state index contributed by atoms with van der Waals surface area (Å²) in [6.45, 7) is 2.63. The average molecular weight is 446 g/mol. The molecule has 0 spiro atoms. The van der Waals surface area contributed by atoms with Gasteiger partial charge in [0.15, 0.2) is 0 Å². The maximum absolute atomic E-state index is 12.7. The first kappa shape index (κ1) is 23.7. The van der Waals surface area contributed by atoms with Crippen molar-refractivity contribution < 1.29 is 23.9 Å². The van der Waals surface area contributed by atoms with E-state index in [1.807, 2.05) is 0 Å². The molecule has 6 nitrogen and oxygen atoms in total. The van der Waals surface area contributed by atoms with E-state index in [-0.39, 0.29) is 22.6 Å². The van der Waals surface area contributed by atoms with Gasteiger partial charge in [0.2, 0.25) is 0 Å². The van der Waals surface area contributed by atoms with E-state index in [1.54, 1.807) is 60.7 Å². The smallest absolute Gasteiger partial charge is 0.343 e. The molecule has 0 bridgehead atoms. The Kier molecular flexibility index (Phi) is 8.77. The Bertz CT molecular complexity index is 1010. The fourth-order valence-electron chi connectivity index (χ4n) is 3.16. The Morgan fingerprint density at radius 3 is 1.64 bits per heavy atom. The third kappa shape index (κ3) is 7.31. The molecule has 0 aliphatic rings. The second kappa shape index (κ2) is 12.2. The SMILES string of the molecule is CCCCCCNC(=O)c1cc(C(=O)Oc2ccccc2)cc(C(=O)Oc2ccccc2)c1. The fourth-order valence-corrected chi connectivity index (χ4v) is 3.16. The monoisotopic (exact) mass is 445 g/mol. The van der Waals surface area contributed by atoms with Crippen molar-refractivity contribution in [1.29, 1.82) is 0 Å². The summed E-state index contributed by atoms with van der Waals surface area (Å²) in [5, 5.41) is 2.85. The standard InChI is InChI=1S/C27H27NO5/c1-2-3-4-11-16-28-25(29)20-17-21(26(30)32-23-12-7-5-8-13-23)19-22(18-20)27(31)33-24-14-9-6-10-15-24/h5-10,12-15,17-19H,2-4,11,16H2,1H3,(H,28,29). The van der Waals surface area contributed by atoms with E-state index in [2.05, 4.69) is 12.2 Å². The molecule has 3 aromatic rings. The van der Waals surface area contributed by atoms with Gasteiger partial charge in [-0.1, -0.05) is 62.6 Å². The highest BCUT2D eigenvalue weighted by Crippen LogP contribution is 2.18. The van der Waals surface area contributed by atoms with Gasteiger partial charge < -0.3 is 14.8 Å². The lowest BCUT2D eigenvalue weighted by atomic mass is 10.0. The zero-order valence-electron chi connectivity index (χ0n) is 18.6. The van der Waals surface area contributed by atoms with Crippen molar-refractivity contribution in [2.75, 3.05) is 6.54 Å². The number of carbonyl (C=O) groups excluding carboxylic acids is 3. The van der Waals surface area contributed by atoms with Crippen LogP contribution < -0.4 is 14.8 Å². The molecule has 3 aromatic carbocycles. The van der Waals surface area contributed by atoms with Crippen LogP contribution in [0.5, 0.6) is 11.5 Å². The van der Waals surface area contributed by atoms with E-state index in [1.165, 1.54) is 18.2 Å². The summed E-state index contributed by atoms with van der Waals surface area (Å²) in [7, 11) is 0. The molecule has 33 heavy (non-hydrogen) atoms. The average Bonchev–Trinajstić information content (AvgIpc) is 2.84. The van der Waals surface area contributed by atoms with E-state index in [4.69, 9.17) is 9.47 Å². The molecule has 0 radical (unpaired) electrons. The van der Waals surface area contributed by atoms with Crippen molar-refractivity contribution in [2.45, 2.75) is 32.6 Å². The van der Waals surface area contributed by atoms with Gasteiger partial charge in [0.25, 0.3) is 5.91 Å². The first-order valence-electron chi connectivity index (χ1n) is 11.0. The number of unbranched alkanes of at least 4 members (excludes halogenated alkanes) is 3. The van der Waals surface area contributed by atoms with Gasteiger partial charge in [-0.25, -0.2) is 9.59 Å². The predicted molar refractivity (Wildman–Crippen MR) is 126 cm³/mol. The molecule has 0 aromatic heterocycles. The number of ether oxygens (including phenoxy) is 2. The predicted octanol–water partition coefficient (Wildman–Crippen LogP) is 5.44. The van der Waals surface area contributed by atoms with Gasteiger partial charge in [-0.15, -0.1) is 0 Å². The second-order valence-corrected chi connectivity index (χ2v) is 7.52. The van der Waals surface area contributed by atoms with Crippen molar-refractivity contribution in [1.82, 2.24) is 5.32 Å². The van der Waals surface area contributed by atoms with E-state index < -0.39 is 11.9 Å². The minimum absolute atomic E-state index is 0.0810. The highest BCUT2D eigenvalue weighted by Gasteiger charge is 2.19. The first-order chi connectivity index (χ1) is 16.1. The summed E-state index contributed by atoms with van der Waals surface area (Å²) in [6, 6.07) is 21.4. The minimum Gasteiger partial charge on any atom is -0.423 e. The molecule has 0 atom stereocenters. The largest absolute Gasteiger partial charge is 0.423 e. The van der Waals surface area contributed by atoms with Gasteiger partial charge in [0.1, 0.15) is 11.5 Å². The number of para-hydroxylation sites is 2. The van der Waals surface area contributed by atoms with Crippen molar-refractivity contribution in [3.05, 3.63) is 95.6 Å². The molecule has 0 fully saturated rings. The van der Waals surface area contributed by atoms with Gasteiger partial charge in [-0.05, 0) is 48.9 Å². The van der Waals surface area contributed by atoms with Crippen LogP contribution in [0.15, 0.2) is 78.9 Å². The molecule has 6 heteroatoms. The normalized spacial score (nSPS) is 10.3. The van der Waals surface area contributed by atoms with Crippen LogP contribution in [0.2, 0.25) is 0 Å². The van der Waals surface area contributed by atoms with Crippen LogP contribution in [-0.4, -0.2) is 24.4 Å². The van der Waals surface area contributed by atoms with E-state index >= 15 is 0 Å². The highest BCUT2D eigenvalue weighted by molar-refractivity contribution is 6.02. The van der Waals surface area contributed by atoms with E-state index in [0.29, 0.717) is 18.0 Å². The number of nitrogens with one attached hydrogen (secondary N) is 1. The van der Waals surface area contributed by atoms with E-state index in [9.17, 15) is 14.4 Å². The van der Waals surface area contributed by atoms with Crippen LogP contribution in [0.4, 0.5) is 0 Å². The van der Waals surface area contributed by atoms with Gasteiger partial charge >= 0.3 is 11.9 Å². The van der Waals surface area contributed by atoms with Crippen molar-refractivity contribution >= 4 is 17.8 Å². The maximum atomic E-state index is 12.7. The minimum atomic E-state index is -0.674. The van der Waals surface area contributed by atoms with Gasteiger partial charge in [0, 0.05) is 12.1 Å². The van der Waals surface area contributed by atoms with Gasteiger partial charge in [0.05, 0.1) is 11.1 Å². The number of esters is 2. The number of benzene rings is 3. The first-order valence-corrected chi connectivity index (χ1v) is 11.0. The Labute approximate surface area is 193 Å². The lowest BCUT2D eigenvalue weighted by molar-refractivity contribution is 0.0734. The molecular weight excluding hydrogens is 418 g/mol. The number of rotatable bonds is 10. The quantitative estimate of drug-likeness (QED) is 0.255. The summed E-state index contributed by atoms with van der Waals surface area (Å²) < 4.78 is 10.8. The Morgan fingerprint density at radius 1 is 0.667 bits per heavy atom. The van der Waals surface area contributed by atoms with Crippen LogP contribution in [0.3, 0.4) is 0 Å². The topological polar surface area (TPSA) is 81.7 Å². The summed E-state index contributed by atoms with van der Waals surface area (Å²) in [4.78, 5) is 38.2. The molecule has 0 saturated heterocycles. The molecule has 1 N–H and O–H groups in total. The molecule has 0 heterocycles. The molecule has 170 valence electrons. The zero-order chi connectivity index (χ0) is 23.5. The Hall–Kier alpha value is -3.93. The van der Waals surface area contributed by atoms with Crippen molar-refractivity contribution in [3.8, 4) is 11.5 Å². The molecule has 1 amide bonds. The summed E-state index contributed by atoms with van der Waals surface area (Å²) in [6.07, 6.45) is 4.09. The van der Waals surface area contributed by atoms with Crippen LogP contribution in [-0.2, 0) is 0 Å². The number of amides is 1. The summed E-state index contributed by atoms with van der Waals surface area (Å²) in [5.74, 6) is -0.988. The molecule has 3 rings (SSSR count). The summed E-state index contributed by atoms with van der Waals surface area (Å²) in [5.41, 5.74) is 0.350. The van der Waals surface area contributed by atoms with Crippen molar-refractivity contribution in [3.63, 3.8) is 0 Å². The number of carbonyl (C=O) groups is 3. The summed E-state index contributed by atoms with van der Waals surface area (Å²) >= 11 is 0.